The molecular formula is C9H18O2S. The van der Waals surface area contributed by atoms with Crippen molar-refractivity contribution in [1.82, 2.24) is 0 Å². The molecule has 0 spiro atoms. The van der Waals surface area contributed by atoms with Crippen molar-refractivity contribution in [3.8, 4) is 0 Å². The summed E-state index contributed by atoms with van der Waals surface area (Å²) in [5.74, 6) is 2.31. The number of hydrogen-bond donors (Lipinski definition) is 0. The largest absolute Gasteiger partial charge is 0.376 e. The highest BCUT2D eigenvalue weighted by Gasteiger charge is 2.25. The van der Waals surface area contributed by atoms with Crippen molar-refractivity contribution in [2.75, 3.05) is 24.7 Å². The van der Waals surface area contributed by atoms with E-state index in [9.17, 15) is 0 Å². The van der Waals surface area contributed by atoms with Gasteiger partial charge in [-0.1, -0.05) is 0 Å². The Bertz CT molecular complexity index is 101. The molecule has 1 aliphatic heterocycles. The van der Waals surface area contributed by atoms with Gasteiger partial charge in [-0.25, -0.2) is 0 Å². The molecule has 2 atom stereocenters. The number of ether oxygens (including phenoxy) is 2. The molecule has 0 aromatic heterocycles. The van der Waals surface area contributed by atoms with E-state index in [1.165, 1.54) is 5.75 Å². The molecule has 1 saturated heterocycles. The van der Waals surface area contributed by atoms with Gasteiger partial charge in [0, 0.05) is 19.0 Å². The number of thioether (sulfide) groups is 1. The quantitative estimate of drug-likeness (QED) is 0.675. The lowest BCUT2D eigenvalue weighted by Gasteiger charge is -2.30. The smallest absolute Gasteiger partial charge is 0.0926 e. The topological polar surface area (TPSA) is 18.5 Å². The molecule has 0 saturated carbocycles. The van der Waals surface area contributed by atoms with E-state index in [4.69, 9.17) is 9.47 Å². The van der Waals surface area contributed by atoms with Crippen LogP contribution in [-0.2, 0) is 9.47 Å². The lowest BCUT2D eigenvalue weighted by Crippen LogP contribution is -2.37. The van der Waals surface area contributed by atoms with Crippen molar-refractivity contribution in [3.05, 3.63) is 0 Å². The first-order valence-electron chi connectivity index (χ1n) is 4.69. The van der Waals surface area contributed by atoms with Gasteiger partial charge in [0.05, 0.1) is 12.2 Å². The van der Waals surface area contributed by atoms with E-state index in [1.54, 1.807) is 0 Å². The molecule has 2 unspecified atom stereocenters. The van der Waals surface area contributed by atoms with Crippen LogP contribution >= 0.6 is 11.8 Å². The standard InChI is InChI=1S/C9H18O2S/c1-3-10-8-5-6-12-7-9(8)11-4-2/h8-9H,3-7H2,1-2H3. The maximum absolute atomic E-state index is 5.61. The Kier molecular flexibility index (Phi) is 5.04. The summed E-state index contributed by atoms with van der Waals surface area (Å²) in [7, 11) is 0. The Balaban J connectivity index is 2.31. The van der Waals surface area contributed by atoms with Crippen molar-refractivity contribution >= 4 is 11.8 Å². The first kappa shape index (κ1) is 10.4. The minimum Gasteiger partial charge on any atom is -0.376 e. The van der Waals surface area contributed by atoms with E-state index >= 15 is 0 Å². The van der Waals surface area contributed by atoms with Crippen molar-refractivity contribution in [1.29, 1.82) is 0 Å². The first-order valence-corrected chi connectivity index (χ1v) is 5.84. The van der Waals surface area contributed by atoms with Crippen LogP contribution in [0.25, 0.3) is 0 Å². The van der Waals surface area contributed by atoms with Gasteiger partial charge in [-0.3, -0.25) is 0 Å². The van der Waals surface area contributed by atoms with Crippen LogP contribution in [0.15, 0.2) is 0 Å². The molecule has 0 aliphatic carbocycles. The SMILES string of the molecule is CCOC1CCSCC1OCC. The zero-order valence-corrected chi connectivity index (χ0v) is 8.73. The second kappa shape index (κ2) is 5.84. The molecule has 0 aromatic rings. The molecule has 1 aliphatic rings. The Labute approximate surface area is 79.0 Å². The van der Waals surface area contributed by atoms with Gasteiger partial charge in [-0.15, -0.1) is 0 Å². The average Bonchev–Trinajstić information content (AvgIpc) is 2.09. The molecule has 1 rings (SSSR count). The van der Waals surface area contributed by atoms with Crippen LogP contribution < -0.4 is 0 Å². The Morgan fingerprint density at radius 1 is 1.17 bits per heavy atom. The van der Waals surface area contributed by atoms with E-state index < -0.39 is 0 Å². The van der Waals surface area contributed by atoms with Gasteiger partial charge in [-0.05, 0) is 26.0 Å². The normalized spacial score (nSPS) is 30.5. The fraction of sp³-hybridized carbons (Fsp3) is 1.00. The monoisotopic (exact) mass is 190 g/mol. The van der Waals surface area contributed by atoms with Crippen LogP contribution in [-0.4, -0.2) is 36.9 Å². The molecule has 0 N–H and O–H groups in total. The summed E-state index contributed by atoms with van der Waals surface area (Å²) in [4.78, 5) is 0. The van der Waals surface area contributed by atoms with Crippen molar-refractivity contribution < 1.29 is 9.47 Å². The van der Waals surface area contributed by atoms with Gasteiger partial charge in [0.25, 0.3) is 0 Å². The number of rotatable bonds is 4. The zero-order chi connectivity index (χ0) is 8.81. The molecule has 1 fully saturated rings. The predicted molar refractivity (Wildman–Crippen MR) is 52.8 cm³/mol. The van der Waals surface area contributed by atoms with Crippen LogP contribution in [0.3, 0.4) is 0 Å². The van der Waals surface area contributed by atoms with Crippen LogP contribution in [0, 0.1) is 0 Å². The van der Waals surface area contributed by atoms with E-state index in [1.807, 2.05) is 25.6 Å². The van der Waals surface area contributed by atoms with Crippen LogP contribution in [0.1, 0.15) is 20.3 Å². The summed E-state index contributed by atoms with van der Waals surface area (Å²) in [6.45, 7) is 5.70. The molecule has 0 bridgehead atoms. The summed E-state index contributed by atoms with van der Waals surface area (Å²) in [5.41, 5.74) is 0. The fourth-order valence-corrected chi connectivity index (χ4v) is 2.58. The third-order valence-electron chi connectivity index (χ3n) is 2.00. The Hall–Kier alpha value is 0.270. The molecule has 3 heteroatoms. The van der Waals surface area contributed by atoms with Crippen LogP contribution in [0.2, 0.25) is 0 Å². The highest BCUT2D eigenvalue weighted by molar-refractivity contribution is 7.99. The van der Waals surface area contributed by atoms with Crippen LogP contribution in [0.4, 0.5) is 0 Å². The van der Waals surface area contributed by atoms with E-state index in [2.05, 4.69) is 0 Å². The molecule has 12 heavy (non-hydrogen) atoms. The highest BCUT2D eigenvalue weighted by Crippen LogP contribution is 2.22. The summed E-state index contributed by atoms with van der Waals surface area (Å²) < 4.78 is 11.2. The minimum atomic E-state index is 0.327. The predicted octanol–water partition coefficient (Wildman–Crippen LogP) is 1.93. The minimum absolute atomic E-state index is 0.327. The van der Waals surface area contributed by atoms with Gasteiger partial charge < -0.3 is 9.47 Å². The van der Waals surface area contributed by atoms with E-state index in [0.29, 0.717) is 12.2 Å². The van der Waals surface area contributed by atoms with Gasteiger partial charge in [0.15, 0.2) is 0 Å². The van der Waals surface area contributed by atoms with Gasteiger partial charge >= 0.3 is 0 Å². The third-order valence-corrected chi connectivity index (χ3v) is 3.09. The van der Waals surface area contributed by atoms with Crippen LogP contribution in [0.5, 0.6) is 0 Å². The second-order valence-electron chi connectivity index (χ2n) is 2.85. The van der Waals surface area contributed by atoms with Crippen molar-refractivity contribution in [3.63, 3.8) is 0 Å². The lowest BCUT2D eigenvalue weighted by molar-refractivity contribution is -0.0588. The van der Waals surface area contributed by atoms with Crippen molar-refractivity contribution in [2.45, 2.75) is 32.5 Å². The van der Waals surface area contributed by atoms with E-state index in [0.717, 1.165) is 25.4 Å². The summed E-state index contributed by atoms with van der Waals surface area (Å²) in [6.07, 6.45) is 1.81. The Morgan fingerprint density at radius 3 is 2.50 bits per heavy atom. The number of hydrogen-bond acceptors (Lipinski definition) is 3. The second-order valence-corrected chi connectivity index (χ2v) is 4.00. The summed E-state index contributed by atoms with van der Waals surface area (Å²) in [6, 6.07) is 0. The fourth-order valence-electron chi connectivity index (χ4n) is 1.47. The maximum atomic E-state index is 5.61. The molecule has 0 amide bonds. The van der Waals surface area contributed by atoms with Gasteiger partial charge in [0.1, 0.15) is 0 Å². The summed E-state index contributed by atoms with van der Waals surface area (Å²) in [5, 5.41) is 0. The molecule has 0 radical (unpaired) electrons. The molecule has 1 heterocycles. The van der Waals surface area contributed by atoms with Crippen molar-refractivity contribution in [2.24, 2.45) is 0 Å². The van der Waals surface area contributed by atoms with Gasteiger partial charge in [-0.2, -0.15) is 11.8 Å². The Morgan fingerprint density at radius 2 is 1.83 bits per heavy atom. The average molecular weight is 190 g/mol. The molecule has 0 aromatic carbocycles. The van der Waals surface area contributed by atoms with Gasteiger partial charge in [0.2, 0.25) is 0 Å². The first-order chi connectivity index (χ1) is 5.88. The summed E-state index contributed by atoms with van der Waals surface area (Å²) >= 11 is 1.97. The highest BCUT2D eigenvalue weighted by atomic mass is 32.2. The zero-order valence-electron chi connectivity index (χ0n) is 7.91. The lowest BCUT2D eigenvalue weighted by atomic mass is 10.1. The molecular weight excluding hydrogens is 172 g/mol. The molecule has 72 valence electrons. The third kappa shape index (κ3) is 2.96. The maximum Gasteiger partial charge on any atom is 0.0926 e. The van der Waals surface area contributed by atoms with E-state index in [-0.39, 0.29) is 0 Å². The molecule has 2 nitrogen and oxygen atoms in total.